The van der Waals surface area contributed by atoms with Crippen molar-refractivity contribution in [1.29, 1.82) is 0 Å². The Morgan fingerprint density at radius 3 is 2.58 bits per heavy atom. The van der Waals surface area contributed by atoms with Gasteiger partial charge in [-0.05, 0) is 55.3 Å². The summed E-state index contributed by atoms with van der Waals surface area (Å²) in [6.07, 6.45) is 2.39. The van der Waals surface area contributed by atoms with Crippen LogP contribution in [0.3, 0.4) is 0 Å². The van der Waals surface area contributed by atoms with Gasteiger partial charge in [-0.1, -0.05) is 31.1 Å². The first-order chi connectivity index (χ1) is 9.13. The van der Waals surface area contributed by atoms with E-state index >= 15 is 0 Å². The molecular weight excluding hydrogens is 256 g/mol. The summed E-state index contributed by atoms with van der Waals surface area (Å²) in [4.78, 5) is 1.17. The van der Waals surface area contributed by atoms with E-state index in [1.54, 1.807) is 11.9 Å². The number of rotatable bonds is 6. The molecule has 0 spiro atoms. The summed E-state index contributed by atoms with van der Waals surface area (Å²) in [6.45, 7) is 6.40. The minimum absolute atomic E-state index is 0.756. The summed E-state index contributed by atoms with van der Waals surface area (Å²) < 4.78 is 8.16. The Morgan fingerprint density at radius 2 is 2.00 bits per heavy atom. The molecule has 0 fully saturated rings. The molecule has 0 saturated heterocycles. The van der Waals surface area contributed by atoms with Crippen LogP contribution in [0.15, 0.2) is 39.8 Å². The second-order valence-electron chi connectivity index (χ2n) is 5.10. The number of aromatic nitrogens is 1. The van der Waals surface area contributed by atoms with E-state index in [9.17, 15) is 0 Å². The molecule has 1 aromatic heterocycles. The molecule has 0 radical (unpaired) electrons. The zero-order chi connectivity index (χ0) is 13.7. The predicted molar refractivity (Wildman–Crippen MR) is 80.3 cm³/mol. The van der Waals surface area contributed by atoms with Crippen molar-refractivity contribution in [2.45, 2.75) is 38.5 Å². The number of hydrogen-bond donors (Lipinski definition) is 1. The smallest absolute Gasteiger partial charge is 0.179 e. The van der Waals surface area contributed by atoms with E-state index in [0.717, 1.165) is 23.9 Å². The highest BCUT2D eigenvalue weighted by Gasteiger charge is 2.01. The fraction of sp³-hybridized carbons (Fsp3) is 0.400. The molecule has 0 bridgehead atoms. The van der Waals surface area contributed by atoms with Crippen LogP contribution in [0, 0.1) is 12.8 Å². The van der Waals surface area contributed by atoms with Gasteiger partial charge in [0.25, 0.3) is 0 Å². The first-order valence-corrected chi connectivity index (χ1v) is 7.40. The standard InChI is InChI=1S/C15H20N2OS/c1-11(2)4-5-13-6-8-14(9-7-13)19-17-15-10-12(3)18-16-15/h6-11H,4-5H2,1-3H3,(H,16,17). The molecule has 0 atom stereocenters. The van der Waals surface area contributed by atoms with E-state index in [0.29, 0.717) is 0 Å². The third-order valence-electron chi connectivity index (χ3n) is 2.84. The maximum Gasteiger partial charge on any atom is 0.179 e. The molecule has 102 valence electrons. The average Bonchev–Trinajstić information content (AvgIpc) is 2.81. The molecule has 2 rings (SSSR count). The van der Waals surface area contributed by atoms with Crippen LogP contribution in [0.4, 0.5) is 5.82 Å². The van der Waals surface area contributed by atoms with Crippen molar-refractivity contribution in [3.63, 3.8) is 0 Å². The Bertz CT molecular complexity index is 505. The van der Waals surface area contributed by atoms with Crippen molar-refractivity contribution in [1.82, 2.24) is 5.16 Å². The van der Waals surface area contributed by atoms with Gasteiger partial charge in [-0.2, -0.15) is 0 Å². The van der Waals surface area contributed by atoms with E-state index in [4.69, 9.17) is 4.52 Å². The molecule has 0 aliphatic rings. The van der Waals surface area contributed by atoms with Crippen molar-refractivity contribution >= 4 is 17.8 Å². The van der Waals surface area contributed by atoms with Crippen molar-refractivity contribution in [2.75, 3.05) is 4.72 Å². The predicted octanol–water partition coefficient (Wildman–Crippen LogP) is 4.69. The Balaban J connectivity index is 1.84. The lowest BCUT2D eigenvalue weighted by Crippen LogP contribution is -1.92. The van der Waals surface area contributed by atoms with Crippen LogP contribution in [0.5, 0.6) is 0 Å². The van der Waals surface area contributed by atoms with Crippen LogP contribution in [0.1, 0.15) is 31.6 Å². The zero-order valence-electron chi connectivity index (χ0n) is 11.6. The van der Waals surface area contributed by atoms with E-state index in [1.807, 2.05) is 13.0 Å². The Labute approximate surface area is 118 Å². The van der Waals surface area contributed by atoms with Gasteiger partial charge in [-0.25, -0.2) is 0 Å². The lowest BCUT2D eigenvalue weighted by Gasteiger charge is -2.06. The fourth-order valence-electron chi connectivity index (χ4n) is 1.71. The van der Waals surface area contributed by atoms with Crippen molar-refractivity contribution in [2.24, 2.45) is 5.92 Å². The van der Waals surface area contributed by atoms with E-state index in [-0.39, 0.29) is 0 Å². The molecule has 0 amide bonds. The first kappa shape index (κ1) is 14.0. The van der Waals surface area contributed by atoms with Gasteiger partial charge in [0.2, 0.25) is 0 Å². The topological polar surface area (TPSA) is 38.1 Å². The highest BCUT2D eigenvalue weighted by molar-refractivity contribution is 8.00. The molecule has 1 aromatic carbocycles. The molecule has 1 heterocycles. The molecule has 19 heavy (non-hydrogen) atoms. The maximum absolute atomic E-state index is 5.00. The molecule has 0 saturated carbocycles. The normalized spacial score (nSPS) is 10.9. The summed E-state index contributed by atoms with van der Waals surface area (Å²) in [5.74, 6) is 2.32. The Kier molecular flexibility index (Phi) is 4.91. The highest BCUT2D eigenvalue weighted by atomic mass is 32.2. The summed E-state index contributed by atoms with van der Waals surface area (Å²) in [7, 11) is 0. The second kappa shape index (κ2) is 6.66. The Morgan fingerprint density at radius 1 is 1.26 bits per heavy atom. The number of nitrogens with one attached hydrogen (secondary N) is 1. The molecule has 0 aliphatic carbocycles. The van der Waals surface area contributed by atoms with Gasteiger partial charge in [-0.3, -0.25) is 0 Å². The lowest BCUT2D eigenvalue weighted by molar-refractivity contribution is 0.400. The largest absolute Gasteiger partial charge is 0.360 e. The molecule has 2 aromatic rings. The number of nitrogens with zero attached hydrogens (tertiary/aromatic N) is 1. The third kappa shape index (κ3) is 4.63. The van der Waals surface area contributed by atoms with E-state index in [2.05, 4.69) is 48.0 Å². The summed E-state index contributed by atoms with van der Waals surface area (Å²) in [5, 5.41) is 3.89. The molecule has 3 nitrogen and oxygen atoms in total. The summed E-state index contributed by atoms with van der Waals surface area (Å²) in [5.41, 5.74) is 1.40. The van der Waals surface area contributed by atoms with Gasteiger partial charge < -0.3 is 9.25 Å². The van der Waals surface area contributed by atoms with Crippen LogP contribution in [0.2, 0.25) is 0 Å². The van der Waals surface area contributed by atoms with Gasteiger partial charge in [0.05, 0.1) is 0 Å². The lowest BCUT2D eigenvalue weighted by atomic mass is 10.0. The number of anilines is 1. The van der Waals surface area contributed by atoms with Crippen LogP contribution in [-0.4, -0.2) is 5.16 Å². The van der Waals surface area contributed by atoms with E-state index < -0.39 is 0 Å². The quantitative estimate of drug-likeness (QED) is 0.777. The second-order valence-corrected chi connectivity index (χ2v) is 5.98. The van der Waals surface area contributed by atoms with Crippen LogP contribution >= 0.6 is 11.9 Å². The number of aryl methyl sites for hydroxylation is 2. The highest BCUT2D eigenvalue weighted by Crippen LogP contribution is 2.21. The summed E-state index contributed by atoms with van der Waals surface area (Å²) in [6, 6.07) is 10.5. The van der Waals surface area contributed by atoms with Crippen molar-refractivity contribution < 1.29 is 4.52 Å². The summed E-state index contributed by atoms with van der Waals surface area (Å²) >= 11 is 1.55. The van der Waals surface area contributed by atoms with Crippen molar-refractivity contribution in [3.8, 4) is 0 Å². The van der Waals surface area contributed by atoms with Gasteiger partial charge in [0, 0.05) is 11.0 Å². The molecule has 0 aliphatic heterocycles. The maximum atomic E-state index is 5.00. The average molecular weight is 276 g/mol. The van der Waals surface area contributed by atoms with Crippen LogP contribution in [-0.2, 0) is 6.42 Å². The molecule has 1 N–H and O–H groups in total. The monoisotopic (exact) mass is 276 g/mol. The zero-order valence-corrected chi connectivity index (χ0v) is 12.5. The van der Waals surface area contributed by atoms with Gasteiger partial charge in [-0.15, -0.1) is 0 Å². The van der Waals surface area contributed by atoms with E-state index in [1.165, 1.54) is 16.9 Å². The minimum atomic E-state index is 0.756. The van der Waals surface area contributed by atoms with Crippen molar-refractivity contribution in [3.05, 3.63) is 41.7 Å². The van der Waals surface area contributed by atoms with Crippen LogP contribution in [0.25, 0.3) is 0 Å². The SMILES string of the molecule is Cc1cc(NSc2ccc(CCC(C)C)cc2)no1. The number of benzene rings is 1. The van der Waals surface area contributed by atoms with Gasteiger partial charge in [0.1, 0.15) is 5.76 Å². The Hall–Kier alpha value is -1.42. The van der Waals surface area contributed by atoms with Gasteiger partial charge >= 0.3 is 0 Å². The molecular formula is C15H20N2OS. The molecule has 4 heteroatoms. The molecule has 0 unspecified atom stereocenters. The van der Waals surface area contributed by atoms with Crippen LogP contribution < -0.4 is 4.72 Å². The third-order valence-corrected chi connectivity index (χ3v) is 3.65. The van der Waals surface area contributed by atoms with Gasteiger partial charge in [0.15, 0.2) is 5.82 Å². The number of hydrogen-bond acceptors (Lipinski definition) is 4. The fourth-order valence-corrected chi connectivity index (χ4v) is 2.30. The first-order valence-electron chi connectivity index (χ1n) is 6.58. The minimum Gasteiger partial charge on any atom is -0.360 e.